The highest BCUT2D eigenvalue weighted by Gasteiger charge is 2.09. The maximum atomic E-state index is 10.5. The van der Waals surface area contributed by atoms with Gasteiger partial charge in [0.05, 0.1) is 0 Å². The summed E-state index contributed by atoms with van der Waals surface area (Å²) in [6, 6.07) is 3.34. The van der Waals surface area contributed by atoms with Crippen molar-refractivity contribution < 1.29 is 20.1 Å². The Labute approximate surface area is 150 Å². The first-order chi connectivity index (χ1) is 11.8. The standard InChI is InChI=1S/C21H30O4/c1-15(2)7-6-8-16(3)11-12-18-19(22)13-17(14-20(18)23)9-4-5-10-21(24)25/h7,11,13-14,22-23H,4-6,8-10,12H2,1-3H3,(H,24,25)/b16-11+. The van der Waals surface area contributed by atoms with E-state index >= 15 is 0 Å². The molecule has 0 heterocycles. The van der Waals surface area contributed by atoms with Crippen LogP contribution in [0.4, 0.5) is 0 Å². The third-order valence-electron chi connectivity index (χ3n) is 4.11. The van der Waals surface area contributed by atoms with Crippen molar-refractivity contribution in [2.75, 3.05) is 0 Å². The first-order valence-electron chi connectivity index (χ1n) is 8.84. The monoisotopic (exact) mass is 346 g/mol. The van der Waals surface area contributed by atoms with Crippen molar-refractivity contribution in [3.05, 3.63) is 46.6 Å². The number of hydrogen-bond donors (Lipinski definition) is 3. The second-order valence-corrected chi connectivity index (χ2v) is 6.79. The fourth-order valence-electron chi connectivity index (χ4n) is 2.62. The van der Waals surface area contributed by atoms with Gasteiger partial charge >= 0.3 is 5.97 Å². The quantitative estimate of drug-likeness (QED) is 0.405. The van der Waals surface area contributed by atoms with Gasteiger partial charge in [0.15, 0.2) is 0 Å². The maximum Gasteiger partial charge on any atom is 0.303 e. The average Bonchev–Trinajstić information content (AvgIpc) is 2.50. The number of benzene rings is 1. The van der Waals surface area contributed by atoms with Crippen molar-refractivity contribution in [2.24, 2.45) is 0 Å². The summed E-state index contributed by atoms with van der Waals surface area (Å²) in [6.45, 7) is 6.22. The summed E-state index contributed by atoms with van der Waals surface area (Å²) < 4.78 is 0. The summed E-state index contributed by atoms with van der Waals surface area (Å²) >= 11 is 0. The number of unbranched alkanes of at least 4 members (excludes halogenated alkanes) is 1. The molecule has 138 valence electrons. The van der Waals surface area contributed by atoms with Crippen molar-refractivity contribution in [3.8, 4) is 11.5 Å². The molecule has 0 atom stereocenters. The zero-order valence-electron chi connectivity index (χ0n) is 15.5. The van der Waals surface area contributed by atoms with Gasteiger partial charge in [0, 0.05) is 12.0 Å². The molecule has 4 heteroatoms. The van der Waals surface area contributed by atoms with Crippen LogP contribution < -0.4 is 0 Å². The topological polar surface area (TPSA) is 77.8 Å². The second kappa shape index (κ2) is 10.6. The van der Waals surface area contributed by atoms with E-state index in [1.54, 1.807) is 12.1 Å². The predicted molar refractivity (Wildman–Crippen MR) is 101 cm³/mol. The Bertz CT molecular complexity index is 614. The van der Waals surface area contributed by atoms with Crippen LogP contribution in [0.15, 0.2) is 35.4 Å². The van der Waals surface area contributed by atoms with Crippen LogP contribution in [0.1, 0.15) is 64.0 Å². The molecule has 0 amide bonds. The molecule has 0 unspecified atom stereocenters. The molecule has 0 radical (unpaired) electrons. The molecule has 0 spiro atoms. The molecule has 0 saturated carbocycles. The molecule has 1 aromatic rings. The van der Waals surface area contributed by atoms with E-state index < -0.39 is 5.97 Å². The fraction of sp³-hybridized carbons (Fsp3) is 0.476. The number of phenolic OH excluding ortho intramolecular Hbond substituents is 2. The van der Waals surface area contributed by atoms with E-state index in [1.165, 1.54) is 11.1 Å². The van der Waals surface area contributed by atoms with Crippen molar-refractivity contribution in [2.45, 2.75) is 65.7 Å². The molecule has 0 aliphatic heterocycles. The highest BCUT2D eigenvalue weighted by atomic mass is 16.4. The average molecular weight is 346 g/mol. The summed E-state index contributed by atoms with van der Waals surface area (Å²) in [5, 5.41) is 29.0. The number of carboxylic acid groups (broad SMARTS) is 1. The number of hydrogen-bond acceptors (Lipinski definition) is 3. The first-order valence-corrected chi connectivity index (χ1v) is 8.84. The maximum absolute atomic E-state index is 10.5. The number of aryl methyl sites for hydroxylation is 1. The Hall–Kier alpha value is -2.23. The zero-order valence-corrected chi connectivity index (χ0v) is 15.5. The van der Waals surface area contributed by atoms with Gasteiger partial charge in [-0.1, -0.05) is 23.3 Å². The molecule has 0 saturated heterocycles. The molecule has 4 nitrogen and oxygen atoms in total. The Morgan fingerprint density at radius 2 is 1.64 bits per heavy atom. The lowest BCUT2D eigenvalue weighted by molar-refractivity contribution is -0.137. The second-order valence-electron chi connectivity index (χ2n) is 6.79. The van der Waals surface area contributed by atoms with Gasteiger partial charge in [-0.2, -0.15) is 0 Å². The molecule has 0 bridgehead atoms. The normalized spacial score (nSPS) is 11.4. The van der Waals surface area contributed by atoms with Crippen LogP contribution >= 0.6 is 0 Å². The van der Waals surface area contributed by atoms with Crippen LogP contribution in [0, 0.1) is 0 Å². The lowest BCUT2D eigenvalue weighted by Gasteiger charge is -2.09. The van der Waals surface area contributed by atoms with Crippen LogP contribution in [0.25, 0.3) is 0 Å². The summed E-state index contributed by atoms with van der Waals surface area (Å²) in [4.78, 5) is 10.5. The van der Waals surface area contributed by atoms with E-state index in [-0.39, 0.29) is 17.9 Å². The summed E-state index contributed by atoms with van der Waals surface area (Å²) in [6.07, 6.45) is 8.80. The Morgan fingerprint density at radius 3 is 2.20 bits per heavy atom. The van der Waals surface area contributed by atoms with Gasteiger partial charge in [-0.3, -0.25) is 4.79 Å². The number of aliphatic carboxylic acids is 1. The fourth-order valence-corrected chi connectivity index (χ4v) is 2.62. The number of allylic oxidation sites excluding steroid dienone is 4. The SMILES string of the molecule is CC(C)=CCC/C(C)=C/Cc1c(O)cc(CCCCC(=O)O)cc1O. The molecule has 1 rings (SSSR count). The molecular formula is C21H30O4. The van der Waals surface area contributed by atoms with Gasteiger partial charge in [-0.15, -0.1) is 0 Å². The highest BCUT2D eigenvalue weighted by molar-refractivity contribution is 5.66. The number of carboxylic acids is 1. The molecular weight excluding hydrogens is 316 g/mol. The minimum atomic E-state index is -0.798. The van der Waals surface area contributed by atoms with Crippen molar-refractivity contribution in [1.29, 1.82) is 0 Å². The number of rotatable bonds is 10. The van der Waals surface area contributed by atoms with Crippen molar-refractivity contribution in [3.63, 3.8) is 0 Å². The lowest BCUT2D eigenvalue weighted by Crippen LogP contribution is -1.95. The molecule has 0 aliphatic rings. The van der Waals surface area contributed by atoms with E-state index in [0.29, 0.717) is 31.2 Å². The van der Waals surface area contributed by atoms with Crippen LogP contribution in [-0.2, 0) is 17.6 Å². The lowest BCUT2D eigenvalue weighted by atomic mass is 10.0. The van der Waals surface area contributed by atoms with Gasteiger partial charge in [-0.25, -0.2) is 0 Å². The largest absolute Gasteiger partial charge is 0.508 e. The van der Waals surface area contributed by atoms with Crippen LogP contribution in [-0.4, -0.2) is 21.3 Å². The minimum absolute atomic E-state index is 0.0987. The molecule has 0 aromatic heterocycles. The Morgan fingerprint density at radius 1 is 1.00 bits per heavy atom. The van der Waals surface area contributed by atoms with Gasteiger partial charge in [0.2, 0.25) is 0 Å². The molecule has 0 fully saturated rings. The van der Waals surface area contributed by atoms with E-state index in [0.717, 1.165) is 18.4 Å². The summed E-state index contributed by atoms with van der Waals surface area (Å²) in [7, 11) is 0. The molecule has 3 N–H and O–H groups in total. The molecule has 1 aromatic carbocycles. The number of phenols is 2. The van der Waals surface area contributed by atoms with E-state index in [1.807, 2.05) is 6.08 Å². The summed E-state index contributed by atoms with van der Waals surface area (Å²) in [5.41, 5.74) is 3.90. The van der Waals surface area contributed by atoms with E-state index in [9.17, 15) is 15.0 Å². The zero-order chi connectivity index (χ0) is 18.8. The van der Waals surface area contributed by atoms with E-state index in [2.05, 4.69) is 26.8 Å². The third-order valence-corrected chi connectivity index (χ3v) is 4.11. The van der Waals surface area contributed by atoms with Gasteiger partial charge < -0.3 is 15.3 Å². The third kappa shape index (κ3) is 8.43. The van der Waals surface area contributed by atoms with Gasteiger partial charge in [0.1, 0.15) is 11.5 Å². The van der Waals surface area contributed by atoms with Crippen LogP contribution in [0.3, 0.4) is 0 Å². The van der Waals surface area contributed by atoms with Gasteiger partial charge in [-0.05, 0) is 77.0 Å². The molecule has 25 heavy (non-hydrogen) atoms. The number of aromatic hydroxyl groups is 2. The van der Waals surface area contributed by atoms with Crippen LogP contribution in [0.5, 0.6) is 11.5 Å². The Kier molecular flexibility index (Phi) is 8.82. The minimum Gasteiger partial charge on any atom is -0.508 e. The van der Waals surface area contributed by atoms with E-state index in [4.69, 9.17) is 5.11 Å². The van der Waals surface area contributed by atoms with Crippen molar-refractivity contribution >= 4 is 5.97 Å². The highest BCUT2D eigenvalue weighted by Crippen LogP contribution is 2.30. The summed E-state index contributed by atoms with van der Waals surface area (Å²) in [5.74, 6) is -0.601. The molecule has 0 aliphatic carbocycles. The van der Waals surface area contributed by atoms with Crippen LogP contribution in [0.2, 0.25) is 0 Å². The van der Waals surface area contributed by atoms with Crippen molar-refractivity contribution in [1.82, 2.24) is 0 Å². The number of carbonyl (C=O) groups is 1. The first kappa shape index (κ1) is 20.8. The Balaban J connectivity index is 2.63. The smallest absolute Gasteiger partial charge is 0.303 e. The predicted octanol–water partition coefficient (Wildman–Crippen LogP) is 5.13. The van der Waals surface area contributed by atoms with Gasteiger partial charge in [0.25, 0.3) is 0 Å².